The molecule has 156 valence electrons. The molecule has 29 heavy (non-hydrogen) atoms. The molecule has 0 heterocycles. The van der Waals surface area contributed by atoms with Crippen LogP contribution in [-0.4, -0.2) is 31.7 Å². The fourth-order valence-electron chi connectivity index (χ4n) is 2.65. The zero-order valence-corrected chi connectivity index (χ0v) is 18.1. The van der Waals surface area contributed by atoms with Crippen LogP contribution >= 0.6 is 11.6 Å². The third kappa shape index (κ3) is 5.87. The Morgan fingerprint density at radius 1 is 1.17 bits per heavy atom. The number of amides is 1. The second-order valence-electron chi connectivity index (χ2n) is 6.69. The Labute approximate surface area is 176 Å². The van der Waals surface area contributed by atoms with Gasteiger partial charge in [-0.15, -0.1) is 0 Å². The SMILES string of the molecule is CCCOc1c(Cl)cc(C(=O)O[C@H](C)C(=O)Nc2ccc(C)cc2C)cc1OC. The molecule has 6 nitrogen and oxygen atoms in total. The Kier molecular flexibility index (Phi) is 7.91. The van der Waals surface area contributed by atoms with Crippen molar-refractivity contribution in [3.63, 3.8) is 0 Å². The van der Waals surface area contributed by atoms with E-state index in [0.717, 1.165) is 17.5 Å². The number of hydrogen-bond acceptors (Lipinski definition) is 5. The topological polar surface area (TPSA) is 73.9 Å². The number of benzene rings is 2. The van der Waals surface area contributed by atoms with E-state index in [9.17, 15) is 9.59 Å². The molecule has 0 saturated carbocycles. The molecule has 0 aromatic heterocycles. The van der Waals surface area contributed by atoms with Gasteiger partial charge in [-0.1, -0.05) is 36.2 Å². The van der Waals surface area contributed by atoms with Gasteiger partial charge in [0.2, 0.25) is 0 Å². The van der Waals surface area contributed by atoms with Crippen LogP contribution in [0.25, 0.3) is 0 Å². The lowest BCUT2D eigenvalue weighted by Crippen LogP contribution is -2.30. The normalized spacial score (nSPS) is 11.5. The first kappa shape index (κ1) is 22.6. The molecule has 0 aliphatic rings. The van der Waals surface area contributed by atoms with Gasteiger partial charge in [0, 0.05) is 5.69 Å². The smallest absolute Gasteiger partial charge is 0.339 e. The maximum absolute atomic E-state index is 12.5. The third-order valence-electron chi connectivity index (χ3n) is 4.21. The van der Waals surface area contributed by atoms with Gasteiger partial charge in [-0.3, -0.25) is 4.79 Å². The van der Waals surface area contributed by atoms with Crippen molar-refractivity contribution in [3.8, 4) is 11.5 Å². The molecule has 2 aromatic rings. The Hall–Kier alpha value is -2.73. The van der Waals surface area contributed by atoms with Crippen LogP contribution in [0.4, 0.5) is 5.69 Å². The molecule has 7 heteroatoms. The summed E-state index contributed by atoms with van der Waals surface area (Å²) >= 11 is 6.24. The number of carbonyl (C=O) groups excluding carboxylic acids is 2. The summed E-state index contributed by atoms with van der Waals surface area (Å²) in [7, 11) is 1.46. The summed E-state index contributed by atoms with van der Waals surface area (Å²) in [6.45, 7) is 7.82. The van der Waals surface area contributed by atoms with Crippen LogP contribution in [0.1, 0.15) is 41.8 Å². The van der Waals surface area contributed by atoms with E-state index in [4.69, 9.17) is 25.8 Å². The standard InChI is InChI=1S/C22H26ClNO5/c1-6-9-28-20-17(23)11-16(12-19(20)27-5)22(26)29-15(4)21(25)24-18-8-7-13(2)10-14(18)3/h7-8,10-12,15H,6,9H2,1-5H3,(H,24,25)/t15-/m1/s1. The minimum absolute atomic E-state index is 0.168. The van der Waals surface area contributed by atoms with Crippen molar-refractivity contribution in [2.75, 3.05) is 19.0 Å². The first-order valence-electron chi connectivity index (χ1n) is 9.36. The minimum Gasteiger partial charge on any atom is -0.493 e. The highest BCUT2D eigenvalue weighted by Gasteiger charge is 2.22. The summed E-state index contributed by atoms with van der Waals surface area (Å²) in [5.74, 6) is -0.416. The van der Waals surface area contributed by atoms with Crippen molar-refractivity contribution in [1.29, 1.82) is 0 Å². The number of methoxy groups -OCH3 is 1. The molecule has 0 saturated heterocycles. The van der Waals surface area contributed by atoms with Crippen molar-refractivity contribution in [2.45, 2.75) is 40.2 Å². The van der Waals surface area contributed by atoms with Gasteiger partial charge in [-0.05, 0) is 51.0 Å². The Balaban J connectivity index is 2.10. The number of aryl methyl sites for hydroxylation is 2. The molecule has 0 spiro atoms. The molecular formula is C22H26ClNO5. The highest BCUT2D eigenvalue weighted by atomic mass is 35.5. The Morgan fingerprint density at radius 2 is 1.90 bits per heavy atom. The first-order chi connectivity index (χ1) is 13.8. The van der Waals surface area contributed by atoms with Gasteiger partial charge in [0.1, 0.15) is 0 Å². The predicted octanol–water partition coefficient (Wildman–Crippen LogP) is 4.94. The fourth-order valence-corrected chi connectivity index (χ4v) is 2.92. The maximum atomic E-state index is 12.5. The van der Waals surface area contributed by atoms with Crippen LogP contribution in [0, 0.1) is 13.8 Å². The molecule has 1 N–H and O–H groups in total. The lowest BCUT2D eigenvalue weighted by Gasteiger charge is -2.16. The van der Waals surface area contributed by atoms with Crippen molar-refractivity contribution >= 4 is 29.2 Å². The van der Waals surface area contributed by atoms with Crippen molar-refractivity contribution in [2.24, 2.45) is 0 Å². The number of carbonyl (C=O) groups is 2. The minimum atomic E-state index is -0.996. The van der Waals surface area contributed by atoms with Gasteiger partial charge < -0.3 is 19.5 Å². The summed E-state index contributed by atoms with van der Waals surface area (Å²) in [4.78, 5) is 24.9. The number of esters is 1. The molecule has 1 atom stereocenters. The molecular weight excluding hydrogens is 394 g/mol. The lowest BCUT2D eigenvalue weighted by molar-refractivity contribution is -0.123. The van der Waals surface area contributed by atoms with E-state index < -0.39 is 18.0 Å². The Morgan fingerprint density at radius 3 is 2.52 bits per heavy atom. The average Bonchev–Trinajstić information content (AvgIpc) is 2.68. The van der Waals surface area contributed by atoms with Crippen LogP contribution < -0.4 is 14.8 Å². The number of rotatable bonds is 8. The zero-order chi connectivity index (χ0) is 21.6. The Bertz CT molecular complexity index is 897. The van der Waals surface area contributed by atoms with E-state index in [-0.39, 0.29) is 10.6 Å². The molecule has 0 unspecified atom stereocenters. The molecule has 0 aliphatic carbocycles. The van der Waals surface area contributed by atoms with E-state index in [1.54, 1.807) is 0 Å². The van der Waals surface area contributed by atoms with Gasteiger partial charge in [-0.2, -0.15) is 0 Å². The highest BCUT2D eigenvalue weighted by molar-refractivity contribution is 6.32. The van der Waals surface area contributed by atoms with Crippen molar-refractivity contribution in [3.05, 3.63) is 52.0 Å². The van der Waals surface area contributed by atoms with Crippen LogP contribution in [0.5, 0.6) is 11.5 Å². The molecule has 0 fully saturated rings. The second kappa shape index (κ2) is 10.2. The molecule has 1 amide bonds. The van der Waals surface area contributed by atoms with Crippen molar-refractivity contribution < 1.29 is 23.8 Å². The third-order valence-corrected chi connectivity index (χ3v) is 4.49. The van der Waals surface area contributed by atoms with E-state index in [1.165, 1.54) is 26.2 Å². The van der Waals surface area contributed by atoms with Gasteiger partial charge >= 0.3 is 5.97 Å². The van der Waals surface area contributed by atoms with E-state index in [0.29, 0.717) is 23.8 Å². The van der Waals surface area contributed by atoms with Gasteiger partial charge in [0.15, 0.2) is 17.6 Å². The van der Waals surface area contributed by atoms with Gasteiger partial charge in [0.25, 0.3) is 5.91 Å². The average molecular weight is 420 g/mol. The fraction of sp³-hybridized carbons (Fsp3) is 0.364. The summed E-state index contributed by atoms with van der Waals surface area (Å²) < 4.78 is 16.2. The lowest BCUT2D eigenvalue weighted by atomic mass is 10.1. The van der Waals surface area contributed by atoms with E-state index in [1.807, 2.05) is 39.0 Å². The molecule has 0 aliphatic heterocycles. The quantitative estimate of drug-likeness (QED) is 0.613. The van der Waals surface area contributed by atoms with Crippen LogP contribution in [0.3, 0.4) is 0 Å². The van der Waals surface area contributed by atoms with Crippen molar-refractivity contribution in [1.82, 2.24) is 0 Å². The number of ether oxygens (including phenoxy) is 3. The number of hydrogen-bond donors (Lipinski definition) is 1. The zero-order valence-electron chi connectivity index (χ0n) is 17.3. The van der Waals surface area contributed by atoms with Crippen LogP contribution in [0.15, 0.2) is 30.3 Å². The van der Waals surface area contributed by atoms with Gasteiger partial charge in [0.05, 0.1) is 24.3 Å². The summed E-state index contributed by atoms with van der Waals surface area (Å²) in [6.07, 6.45) is -0.194. The molecule has 0 bridgehead atoms. The molecule has 2 aromatic carbocycles. The summed E-state index contributed by atoms with van der Waals surface area (Å²) in [6, 6.07) is 8.59. The summed E-state index contributed by atoms with van der Waals surface area (Å²) in [5.41, 5.74) is 2.86. The highest BCUT2D eigenvalue weighted by Crippen LogP contribution is 2.36. The number of nitrogens with one attached hydrogen (secondary N) is 1. The molecule has 0 radical (unpaired) electrons. The van der Waals surface area contributed by atoms with Crippen LogP contribution in [0.2, 0.25) is 5.02 Å². The number of anilines is 1. The summed E-state index contributed by atoms with van der Waals surface area (Å²) in [5, 5.41) is 3.01. The monoisotopic (exact) mass is 419 g/mol. The van der Waals surface area contributed by atoms with E-state index >= 15 is 0 Å². The maximum Gasteiger partial charge on any atom is 0.339 e. The van der Waals surface area contributed by atoms with Gasteiger partial charge in [-0.25, -0.2) is 4.79 Å². The predicted molar refractivity (Wildman–Crippen MR) is 113 cm³/mol. The number of halogens is 1. The first-order valence-corrected chi connectivity index (χ1v) is 9.74. The second-order valence-corrected chi connectivity index (χ2v) is 7.10. The largest absolute Gasteiger partial charge is 0.493 e. The van der Waals surface area contributed by atoms with E-state index in [2.05, 4.69) is 5.32 Å². The molecule has 2 rings (SSSR count). The van der Waals surface area contributed by atoms with Crippen LogP contribution in [-0.2, 0) is 9.53 Å².